The lowest BCUT2D eigenvalue weighted by atomic mass is 10.3. The molecular weight excluding hydrogens is 220 g/mol. The molecule has 2 N–H and O–H groups in total. The molecule has 88 valence electrons. The molecule has 0 spiro atoms. The summed E-state index contributed by atoms with van der Waals surface area (Å²) in [6, 6.07) is 5.34. The fourth-order valence-electron chi connectivity index (χ4n) is 1.42. The summed E-state index contributed by atoms with van der Waals surface area (Å²) in [5.41, 5.74) is 1.24. The van der Waals surface area contributed by atoms with Gasteiger partial charge in [-0.15, -0.1) is 0 Å². The number of pyridine rings is 1. The minimum absolute atomic E-state index is 0.170. The number of carboxylic acids is 1. The molecule has 2 rings (SSSR count). The van der Waals surface area contributed by atoms with Gasteiger partial charge >= 0.3 is 5.97 Å². The van der Waals surface area contributed by atoms with Crippen molar-refractivity contribution in [2.75, 3.05) is 0 Å². The van der Waals surface area contributed by atoms with E-state index in [4.69, 9.17) is 9.52 Å². The third-order valence-electron chi connectivity index (χ3n) is 2.25. The van der Waals surface area contributed by atoms with Crippen molar-refractivity contribution < 1.29 is 14.3 Å². The molecule has 17 heavy (non-hydrogen) atoms. The molecule has 0 aromatic carbocycles. The summed E-state index contributed by atoms with van der Waals surface area (Å²) in [6.45, 7) is 1.15. The van der Waals surface area contributed by atoms with E-state index in [-0.39, 0.29) is 5.56 Å². The van der Waals surface area contributed by atoms with Gasteiger partial charge in [0, 0.05) is 18.9 Å². The van der Waals surface area contributed by atoms with Crippen LogP contribution in [0.4, 0.5) is 0 Å². The van der Waals surface area contributed by atoms with Gasteiger partial charge in [-0.1, -0.05) is 6.07 Å². The van der Waals surface area contributed by atoms with Crippen molar-refractivity contribution in [3.8, 4) is 0 Å². The number of nitrogens with zero attached hydrogens (tertiary/aromatic N) is 1. The van der Waals surface area contributed by atoms with E-state index in [2.05, 4.69) is 10.3 Å². The van der Waals surface area contributed by atoms with E-state index < -0.39 is 5.97 Å². The van der Waals surface area contributed by atoms with Crippen LogP contribution >= 0.6 is 0 Å². The highest BCUT2D eigenvalue weighted by Crippen LogP contribution is 2.07. The fraction of sp³-hybridized carbons (Fsp3) is 0.167. The lowest BCUT2D eigenvalue weighted by molar-refractivity contribution is 0.0696. The number of carbonyl (C=O) groups is 1. The second kappa shape index (κ2) is 5.27. The summed E-state index contributed by atoms with van der Waals surface area (Å²) in [7, 11) is 0. The molecule has 0 bridgehead atoms. The van der Waals surface area contributed by atoms with Crippen LogP contribution in [0.15, 0.2) is 41.3 Å². The molecule has 2 aromatic heterocycles. The molecule has 2 aromatic rings. The van der Waals surface area contributed by atoms with Gasteiger partial charge in [-0.05, 0) is 17.7 Å². The first-order chi connectivity index (χ1) is 8.25. The van der Waals surface area contributed by atoms with Gasteiger partial charge in [0.25, 0.3) is 0 Å². The zero-order valence-corrected chi connectivity index (χ0v) is 9.09. The van der Waals surface area contributed by atoms with Crippen LogP contribution in [-0.4, -0.2) is 16.1 Å². The molecule has 0 unspecified atom stereocenters. The van der Waals surface area contributed by atoms with Crippen molar-refractivity contribution >= 4 is 5.97 Å². The van der Waals surface area contributed by atoms with Crippen LogP contribution < -0.4 is 5.32 Å². The van der Waals surface area contributed by atoms with Gasteiger partial charge in [-0.3, -0.25) is 4.98 Å². The number of hydrogen-bond donors (Lipinski definition) is 2. The molecule has 0 saturated carbocycles. The zero-order chi connectivity index (χ0) is 12.1. The highest BCUT2D eigenvalue weighted by Gasteiger charge is 2.07. The average Bonchev–Trinajstić information content (AvgIpc) is 2.79. The predicted octanol–water partition coefficient (Wildman–Crippen LogP) is 1.66. The zero-order valence-electron chi connectivity index (χ0n) is 9.09. The average molecular weight is 232 g/mol. The van der Waals surface area contributed by atoms with Gasteiger partial charge in [0.15, 0.2) is 0 Å². The van der Waals surface area contributed by atoms with Crippen molar-refractivity contribution in [1.29, 1.82) is 0 Å². The van der Waals surface area contributed by atoms with Crippen LogP contribution in [0.5, 0.6) is 0 Å². The van der Waals surface area contributed by atoms with Crippen molar-refractivity contribution in [2.45, 2.75) is 13.1 Å². The summed E-state index contributed by atoms with van der Waals surface area (Å²) in [4.78, 5) is 14.6. The predicted molar refractivity (Wildman–Crippen MR) is 60.4 cm³/mol. The molecule has 5 heteroatoms. The number of nitrogens with one attached hydrogen (secondary N) is 1. The Bertz CT molecular complexity index is 493. The maximum Gasteiger partial charge on any atom is 0.338 e. The molecule has 0 fully saturated rings. The molecule has 5 nitrogen and oxygen atoms in total. The van der Waals surface area contributed by atoms with Crippen LogP contribution in [0.3, 0.4) is 0 Å². The number of hydrogen-bond acceptors (Lipinski definition) is 4. The molecule has 0 saturated heterocycles. The highest BCUT2D eigenvalue weighted by atomic mass is 16.4. The first kappa shape index (κ1) is 11.3. The Kier molecular flexibility index (Phi) is 3.52. The van der Waals surface area contributed by atoms with Gasteiger partial charge < -0.3 is 14.8 Å². The number of rotatable bonds is 5. The van der Waals surface area contributed by atoms with E-state index in [1.807, 2.05) is 12.1 Å². The fourth-order valence-corrected chi connectivity index (χ4v) is 1.42. The van der Waals surface area contributed by atoms with Crippen molar-refractivity contribution in [1.82, 2.24) is 10.3 Å². The lowest BCUT2D eigenvalue weighted by Crippen LogP contribution is -2.12. The Labute approximate surface area is 98.1 Å². The third kappa shape index (κ3) is 3.15. The monoisotopic (exact) mass is 232 g/mol. The Balaban J connectivity index is 1.84. The largest absolute Gasteiger partial charge is 0.478 e. The van der Waals surface area contributed by atoms with Crippen molar-refractivity contribution in [3.05, 3.63) is 53.7 Å². The molecule has 0 aliphatic heterocycles. The maximum atomic E-state index is 10.6. The second-order valence-corrected chi connectivity index (χ2v) is 3.57. The summed E-state index contributed by atoms with van der Waals surface area (Å²) >= 11 is 0. The van der Waals surface area contributed by atoms with Gasteiger partial charge in [0.1, 0.15) is 12.0 Å². The Morgan fingerprint density at radius 3 is 3.00 bits per heavy atom. The normalized spacial score (nSPS) is 10.4. The second-order valence-electron chi connectivity index (χ2n) is 3.57. The van der Waals surface area contributed by atoms with Crippen molar-refractivity contribution in [3.63, 3.8) is 0 Å². The van der Waals surface area contributed by atoms with Gasteiger partial charge in [-0.25, -0.2) is 4.79 Å². The molecule has 0 aliphatic rings. The van der Waals surface area contributed by atoms with Crippen LogP contribution in [0.2, 0.25) is 0 Å². The standard InChI is InChI=1S/C12H12N2O3/c15-12(16)10-4-11(17-8-10)7-14-6-9-2-1-3-13-5-9/h1-5,8,14H,6-7H2,(H,15,16). The minimum Gasteiger partial charge on any atom is -0.478 e. The van der Waals surface area contributed by atoms with E-state index in [1.54, 1.807) is 12.4 Å². The topological polar surface area (TPSA) is 75.4 Å². The number of aromatic nitrogens is 1. The lowest BCUT2D eigenvalue weighted by Gasteiger charge is -2.01. The Hall–Kier alpha value is -2.14. The molecule has 0 amide bonds. The quantitative estimate of drug-likeness (QED) is 0.820. The first-order valence-corrected chi connectivity index (χ1v) is 5.16. The van der Waals surface area contributed by atoms with E-state index in [0.29, 0.717) is 18.8 Å². The van der Waals surface area contributed by atoms with Crippen LogP contribution in [0.25, 0.3) is 0 Å². The van der Waals surface area contributed by atoms with Crippen molar-refractivity contribution in [2.24, 2.45) is 0 Å². The van der Waals surface area contributed by atoms with Gasteiger partial charge in [-0.2, -0.15) is 0 Å². The van der Waals surface area contributed by atoms with Gasteiger partial charge in [0.2, 0.25) is 0 Å². The van der Waals surface area contributed by atoms with E-state index >= 15 is 0 Å². The smallest absolute Gasteiger partial charge is 0.338 e. The Morgan fingerprint density at radius 1 is 1.47 bits per heavy atom. The molecule has 0 aliphatic carbocycles. The molecule has 0 radical (unpaired) electrons. The summed E-state index contributed by atoms with van der Waals surface area (Å²) in [5.74, 6) is -0.376. The van der Waals surface area contributed by atoms with E-state index in [9.17, 15) is 4.79 Å². The first-order valence-electron chi connectivity index (χ1n) is 5.16. The number of carboxylic acid groups (broad SMARTS) is 1. The van der Waals surface area contributed by atoms with E-state index in [1.165, 1.54) is 12.3 Å². The highest BCUT2D eigenvalue weighted by molar-refractivity contribution is 5.87. The van der Waals surface area contributed by atoms with Crippen LogP contribution in [0, 0.1) is 0 Å². The summed E-state index contributed by atoms with van der Waals surface area (Å²) < 4.78 is 5.10. The minimum atomic E-state index is -0.979. The van der Waals surface area contributed by atoms with Crippen LogP contribution in [-0.2, 0) is 13.1 Å². The van der Waals surface area contributed by atoms with Crippen LogP contribution in [0.1, 0.15) is 21.7 Å². The number of furan rings is 1. The summed E-state index contributed by atoms with van der Waals surface area (Å²) in [6.07, 6.45) is 4.73. The maximum absolute atomic E-state index is 10.6. The SMILES string of the molecule is O=C(O)c1coc(CNCc2cccnc2)c1. The number of aromatic carboxylic acids is 1. The van der Waals surface area contributed by atoms with Gasteiger partial charge in [0.05, 0.1) is 12.1 Å². The Morgan fingerprint density at radius 2 is 2.35 bits per heavy atom. The third-order valence-corrected chi connectivity index (χ3v) is 2.25. The molecule has 0 atom stereocenters. The molecular formula is C12H12N2O3. The molecule has 2 heterocycles. The summed E-state index contributed by atoms with van der Waals surface area (Å²) in [5, 5.41) is 11.9. The van der Waals surface area contributed by atoms with E-state index in [0.717, 1.165) is 5.56 Å².